The number of fused-ring (bicyclic) bond motifs is 1. The molecule has 2 aromatic heterocycles. The minimum Gasteiger partial charge on any atom is -0.387 e. The van der Waals surface area contributed by atoms with Gasteiger partial charge in [-0.1, -0.05) is 0 Å². The first-order valence-electron chi connectivity index (χ1n) is 7.10. The Morgan fingerprint density at radius 3 is 2.91 bits per heavy atom. The van der Waals surface area contributed by atoms with Gasteiger partial charge in [0.2, 0.25) is 0 Å². The average molecular weight is 325 g/mol. The second kappa shape index (κ2) is 6.70. The van der Waals surface area contributed by atoms with Crippen LogP contribution in [0, 0.1) is 0 Å². The molecular formula is C12H19N7O4. The first-order chi connectivity index (χ1) is 11.1. The van der Waals surface area contributed by atoms with Gasteiger partial charge in [0.05, 0.1) is 12.9 Å². The molecule has 2 aromatic rings. The van der Waals surface area contributed by atoms with Crippen LogP contribution < -0.4 is 16.9 Å². The van der Waals surface area contributed by atoms with Crippen LogP contribution in [0.15, 0.2) is 12.7 Å². The zero-order valence-electron chi connectivity index (χ0n) is 12.2. The summed E-state index contributed by atoms with van der Waals surface area (Å²) in [6.45, 7) is 1.17. The summed E-state index contributed by atoms with van der Waals surface area (Å²) < 4.78 is 7.28. The number of nitrogen functional groups attached to an aromatic ring is 1. The number of nitrogens with zero attached hydrogens (tertiary/aromatic N) is 4. The molecule has 23 heavy (non-hydrogen) atoms. The van der Waals surface area contributed by atoms with Crippen molar-refractivity contribution in [1.82, 2.24) is 24.8 Å². The number of hydrogen-bond acceptors (Lipinski definition) is 10. The standard InChI is InChI=1S/C12H19N7O4/c13-10-7-11(17-4-16-10)19(5-18-7)12-9(21)8(20)6(23-12)3-15-1-2-22-14/h4-6,8-9,12,15,20-21H,1-3,14H2,(H2,13,16,17)/t6-,8-,9-,12-/m1/s1. The lowest BCUT2D eigenvalue weighted by Gasteiger charge is -2.16. The highest BCUT2D eigenvalue weighted by atomic mass is 16.6. The fraction of sp³-hybridized carbons (Fsp3) is 0.583. The predicted octanol–water partition coefficient (Wildman–Crippen LogP) is -2.49. The van der Waals surface area contributed by atoms with Gasteiger partial charge in [0.15, 0.2) is 17.7 Å². The summed E-state index contributed by atoms with van der Waals surface area (Å²) in [5.41, 5.74) is 6.59. The van der Waals surface area contributed by atoms with Crippen LogP contribution in [-0.4, -0.2) is 67.7 Å². The predicted molar refractivity (Wildman–Crippen MR) is 78.7 cm³/mol. The Bertz CT molecular complexity index is 666. The van der Waals surface area contributed by atoms with Gasteiger partial charge in [-0.3, -0.25) is 4.57 Å². The number of anilines is 1. The molecule has 0 radical (unpaired) electrons. The van der Waals surface area contributed by atoms with Crippen LogP contribution in [-0.2, 0) is 9.57 Å². The Morgan fingerprint density at radius 1 is 1.30 bits per heavy atom. The van der Waals surface area contributed by atoms with Crippen LogP contribution in [0.2, 0.25) is 0 Å². The number of rotatable bonds is 6. The number of imidazole rings is 1. The molecule has 0 bridgehead atoms. The average Bonchev–Trinajstić information content (AvgIpc) is 3.09. The van der Waals surface area contributed by atoms with E-state index in [0.29, 0.717) is 30.9 Å². The van der Waals surface area contributed by atoms with Crippen molar-refractivity contribution in [1.29, 1.82) is 0 Å². The fourth-order valence-electron chi connectivity index (χ4n) is 2.56. The largest absolute Gasteiger partial charge is 0.387 e. The van der Waals surface area contributed by atoms with E-state index in [4.69, 9.17) is 16.4 Å². The Kier molecular flexibility index (Phi) is 4.66. The SMILES string of the molecule is NOCCNC[C@H]1O[C@@H](n2cnc3c(N)ncnc32)[C@H](O)[C@@H]1O. The molecule has 0 spiro atoms. The van der Waals surface area contributed by atoms with E-state index in [-0.39, 0.29) is 5.82 Å². The van der Waals surface area contributed by atoms with Gasteiger partial charge in [-0.2, -0.15) is 0 Å². The first kappa shape index (κ1) is 16.0. The Hall–Kier alpha value is -1.89. The monoisotopic (exact) mass is 325 g/mol. The maximum atomic E-state index is 10.3. The summed E-state index contributed by atoms with van der Waals surface area (Å²) in [6, 6.07) is 0. The Balaban J connectivity index is 1.76. The third-order valence-electron chi connectivity index (χ3n) is 3.74. The van der Waals surface area contributed by atoms with Gasteiger partial charge in [0, 0.05) is 13.1 Å². The summed E-state index contributed by atoms with van der Waals surface area (Å²) in [6.07, 6.45) is -0.830. The second-order valence-electron chi connectivity index (χ2n) is 5.20. The highest BCUT2D eigenvalue weighted by Gasteiger charge is 2.44. The lowest BCUT2D eigenvalue weighted by molar-refractivity contribution is -0.0344. The number of hydrogen-bond donors (Lipinski definition) is 5. The smallest absolute Gasteiger partial charge is 0.167 e. The summed E-state index contributed by atoms with van der Waals surface area (Å²) in [7, 11) is 0. The van der Waals surface area contributed by atoms with Gasteiger partial charge in [0.25, 0.3) is 0 Å². The fourth-order valence-corrected chi connectivity index (χ4v) is 2.56. The van der Waals surface area contributed by atoms with E-state index in [1.807, 2.05) is 0 Å². The molecule has 3 rings (SSSR count). The van der Waals surface area contributed by atoms with E-state index in [1.165, 1.54) is 17.2 Å². The minimum atomic E-state index is -1.12. The van der Waals surface area contributed by atoms with Crippen molar-refractivity contribution in [3.05, 3.63) is 12.7 Å². The minimum absolute atomic E-state index is 0.238. The first-order valence-corrected chi connectivity index (χ1v) is 7.10. The van der Waals surface area contributed by atoms with Crippen LogP contribution in [0.25, 0.3) is 11.2 Å². The van der Waals surface area contributed by atoms with Gasteiger partial charge < -0.3 is 30.8 Å². The summed E-state index contributed by atoms with van der Waals surface area (Å²) in [5, 5.41) is 23.4. The van der Waals surface area contributed by atoms with Crippen molar-refractivity contribution in [2.24, 2.45) is 5.90 Å². The van der Waals surface area contributed by atoms with Crippen LogP contribution >= 0.6 is 0 Å². The number of nitrogens with one attached hydrogen (secondary N) is 1. The van der Waals surface area contributed by atoms with E-state index in [1.54, 1.807) is 0 Å². The zero-order chi connectivity index (χ0) is 16.4. The normalized spacial score (nSPS) is 27.8. The molecule has 11 heteroatoms. The number of ether oxygens (including phenoxy) is 1. The maximum absolute atomic E-state index is 10.3. The molecular weight excluding hydrogens is 306 g/mol. The van der Waals surface area contributed by atoms with Gasteiger partial charge in [-0.15, -0.1) is 0 Å². The highest BCUT2D eigenvalue weighted by Crippen LogP contribution is 2.31. The molecule has 1 aliphatic heterocycles. The van der Waals surface area contributed by atoms with Crippen LogP contribution in [0.1, 0.15) is 6.23 Å². The third-order valence-corrected chi connectivity index (χ3v) is 3.74. The topological polar surface area (TPSA) is 167 Å². The van der Waals surface area contributed by atoms with E-state index < -0.39 is 24.5 Å². The van der Waals surface area contributed by atoms with Crippen molar-refractivity contribution < 1.29 is 19.8 Å². The number of aliphatic hydroxyl groups is 2. The lowest BCUT2D eigenvalue weighted by atomic mass is 10.1. The summed E-state index contributed by atoms with van der Waals surface area (Å²) in [4.78, 5) is 16.5. The van der Waals surface area contributed by atoms with Crippen LogP contribution in [0.4, 0.5) is 5.82 Å². The molecule has 0 amide bonds. The highest BCUT2D eigenvalue weighted by molar-refractivity contribution is 5.81. The molecule has 0 aromatic carbocycles. The van der Waals surface area contributed by atoms with E-state index in [0.717, 1.165) is 0 Å². The Morgan fingerprint density at radius 2 is 2.13 bits per heavy atom. The van der Waals surface area contributed by atoms with Gasteiger partial charge in [-0.05, 0) is 0 Å². The molecule has 3 heterocycles. The van der Waals surface area contributed by atoms with Gasteiger partial charge in [-0.25, -0.2) is 20.8 Å². The summed E-state index contributed by atoms with van der Waals surface area (Å²) in [5.74, 6) is 5.17. The van der Waals surface area contributed by atoms with E-state index >= 15 is 0 Å². The van der Waals surface area contributed by atoms with Crippen molar-refractivity contribution in [2.75, 3.05) is 25.4 Å². The molecule has 0 unspecified atom stereocenters. The third kappa shape index (κ3) is 2.97. The zero-order valence-corrected chi connectivity index (χ0v) is 12.2. The maximum Gasteiger partial charge on any atom is 0.167 e. The molecule has 4 atom stereocenters. The quantitative estimate of drug-likeness (QED) is 0.283. The molecule has 7 N–H and O–H groups in total. The van der Waals surface area contributed by atoms with Crippen molar-refractivity contribution in [2.45, 2.75) is 24.5 Å². The van der Waals surface area contributed by atoms with Crippen molar-refractivity contribution in [3.8, 4) is 0 Å². The molecule has 1 fully saturated rings. The molecule has 11 nitrogen and oxygen atoms in total. The molecule has 1 saturated heterocycles. The van der Waals surface area contributed by atoms with E-state index in [9.17, 15) is 10.2 Å². The van der Waals surface area contributed by atoms with Crippen molar-refractivity contribution in [3.63, 3.8) is 0 Å². The molecule has 0 saturated carbocycles. The number of aromatic nitrogens is 4. The van der Waals surface area contributed by atoms with Crippen LogP contribution in [0.3, 0.4) is 0 Å². The lowest BCUT2D eigenvalue weighted by Crippen LogP contribution is -2.38. The second-order valence-corrected chi connectivity index (χ2v) is 5.20. The number of aliphatic hydroxyl groups excluding tert-OH is 2. The van der Waals surface area contributed by atoms with Crippen molar-refractivity contribution >= 4 is 17.0 Å². The molecule has 126 valence electrons. The molecule has 1 aliphatic rings. The van der Waals surface area contributed by atoms with Gasteiger partial charge >= 0.3 is 0 Å². The Labute approximate surface area is 131 Å². The molecule has 0 aliphatic carbocycles. The van der Waals surface area contributed by atoms with Crippen LogP contribution in [0.5, 0.6) is 0 Å². The van der Waals surface area contributed by atoms with Gasteiger partial charge in [0.1, 0.15) is 30.2 Å². The number of nitrogens with two attached hydrogens (primary N) is 2. The van der Waals surface area contributed by atoms with E-state index in [2.05, 4.69) is 25.1 Å². The summed E-state index contributed by atoms with van der Waals surface area (Å²) >= 11 is 0.